The molecule has 1 fully saturated rings. The van der Waals surface area contributed by atoms with Gasteiger partial charge in [-0.15, -0.1) is 0 Å². The molecule has 4 amide bonds. The third-order valence-electron chi connectivity index (χ3n) is 6.00. The van der Waals surface area contributed by atoms with Crippen LogP contribution in [0, 0.1) is 5.82 Å². The summed E-state index contributed by atoms with van der Waals surface area (Å²) in [6.07, 6.45) is 0.326. The Morgan fingerprint density at radius 2 is 1.94 bits per heavy atom. The van der Waals surface area contributed by atoms with Crippen LogP contribution in [0.2, 0.25) is 0 Å². The number of pyridine rings is 1. The molecule has 3 aromatic rings. The number of benzene rings is 2. The number of nitrogens with zero attached hydrogens (tertiary/aromatic N) is 2. The number of fused-ring (bicyclic) bond motifs is 2. The summed E-state index contributed by atoms with van der Waals surface area (Å²) < 4.78 is 15.2. The summed E-state index contributed by atoms with van der Waals surface area (Å²) in [5.41, 5.74) is 1.49. The van der Waals surface area contributed by atoms with Crippen molar-refractivity contribution in [2.24, 2.45) is 0 Å². The lowest BCUT2D eigenvalue weighted by Gasteiger charge is -2.29. The van der Waals surface area contributed by atoms with E-state index in [0.29, 0.717) is 5.52 Å². The molecule has 0 bridgehead atoms. The van der Waals surface area contributed by atoms with Crippen LogP contribution in [0.1, 0.15) is 44.8 Å². The molecule has 2 N–H and O–H groups in total. The maximum absolute atomic E-state index is 15.2. The lowest BCUT2D eigenvalue weighted by atomic mass is 10.0. The Balaban J connectivity index is 1.31. The molecule has 166 valence electrons. The molecule has 0 radical (unpaired) electrons. The van der Waals surface area contributed by atoms with E-state index in [0.717, 1.165) is 5.39 Å². The summed E-state index contributed by atoms with van der Waals surface area (Å²) in [6.45, 7) is -0.153. The Kier molecular flexibility index (Phi) is 5.08. The molecule has 1 aromatic heterocycles. The average molecular weight is 446 g/mol. The molecule has 1 atom stereocenters. The van der Waals surface area contributed by atoms with Crippen molar-refractivity contribution in [3.63, 3.8) is 0 Å². The van der Waals surface area contributed by atoms with Crippen LogP contribution in [0.25, 0.3) is 10.9 Å². The van der Waals surface area contributed by atoms with Crippen LogP contribution in [0.15, 0.2) is 48.5 Å². The fourth-order valence-electron chi connectivity index (χ4n) is 4.25. The molecule has 1 unspecified atom stereocenters. The number of amides is 4. The average Bonchev–Trinajstić information content (AvgIpc) is 3.15. The fourth-order valence-corrected chi connectivity index (χ4v) is 4.25. The first-order valence-corrected chi connectivity index (χ1v) is 10.5. The zero-order valence-corrected chi connectivity index (χ0v) is 17.4. The van der Waals surface area contributed by atoms with E-state index in [1.165, 1.54) is 17.0 Å². The predicted octanol–water partition coefficient (Wildman–Crippen LogP) is 2.06. The first-order chi connectivity index (χ1) is 15.9. The van der Waals surface area contributed by atoms with Crippen molar-refractivity contribution in [3.05, 3.63) is 76.7 Å². The molecule has 2 aliphatic rings. The third kappa shape index (κ3) is 3.71. The monoisotopic (exact) mass is 446 g/mol. The van der Waals surface area contributed by atoms with Crippen LogP contribution in [0.5, 0.6) is 0 Å². The Labute approximate surface area is 187 Å². The Hall–Kier alpha value is -4.14. The highest BCUT2D eigenvalue weighted by Crippen LogP contribution is 2.30. The van der Waals surface area contributed by atoms with Gasteiger partial charge in [0.1, 0.15) is 17.6 Å². The number of aromatic nitrogens is 1. The highest BCUT2D eigenvalue weighted by Gasteiger charge is 2.40. The van der Waals surface area contributed by atoms with Crippen molar-refractivity contribution in [3.8, 4) is 0 Å². The van der Waals surface area contributed by atoms with Crippen molar-refractivity contribution in [1.82, 2.24) is 20.5 Å². The Morgan fingerprint density at radius 3 is 2.76 bits per heavy atom. The van der Waals surface area contributed by atoms with Crippen LogP contribution in [-0.2, 0) is 22.7 Å². The predicted molar refractivity (Wildman–Crippen MR) is 115 cm³/mol. The summed E-state index contributed by atoms with van der Waals surface area (Å²) >= 11 is 0. The van der Waals surface area contributed by atoms with E-state index < -0.39 is 29.6 Å². The lowest BCUT2D eigenvalue weighted by molar-refractivity contribution is -0.136. The minimum atomic E-state index is -0.816. The quantitative estimate of drug-likeness (QED) is 0.597. The standard InChI is InChI=1S/C24H19FN4O4/c25-21-14(11-26-22(31)18-8-6-13-3-1-2-4-17(13)27-18)5-7-15-16(21)12-29(24(15)33)19-9-10-20(30)28-23(19)32/h1-8,19H,9-12H2,(H,26,31)(H,28,30,32). The Morgan fingerprint density at radius 1 is 1.12 bits per heavy atom. The highest BCUT2D eigenvalue weighted by atomic mass is 19.1. The van der Waals surface area contributed by atoms with Crippen LogP contribution in [0.3, 0.4) is 0 Å². The van der Waals surface area contributed by atoms with Gasteiger partial charge in [0.2, 0.25) is 11.8 Å². The lowest BCUT2D eigenvalue weighted by Crippen LogP contribution is -2.52. The maximum atomic E-state index is 15.2. The number of nitrogens with one attached hydrogen (secondary N) is 2. The number of carbonyl (C=O) groups is 4. The van der Waals surface area contributed by atoms with E-state index in [1.807, 2.05) is 18.2 Å². The van der Waals surface area contributed by atoms with E-state index >= 15 is 4.39 Å². The normalized spacial score (nSPS) is 17.8. The number of para-hydroxylation sites is 1. The molecular weight excluding hydrogens is 427 g/mol. The SMILES string of the molecule is O=C1CCC(N2Cc3c(ccc(CNC(=O)c4ccc5ccccc5n4)c3F)C2=O)C(=O)N1. The van der Waals surface area contributed by atoms with Gasteiger partial charge < -0.3 is 10.2 Å². The number of hydrogen-bond acceptors (Lipinski definition) is 5. The summed E-state index contributed by atoms with van der Waals surface area (Å²) in [5.74, 6) is -2.42. The second-order valence-corrected chi connectivity index (χ2v) is 8.04. The van der Waals surface area contributed by atoms with Crippen molar-refractivity contribution in [2.75, 3.05) is 0 Å². The molecule has 2 aromatic carbocycles. The number of piperidine rings is 1. The molecule has 3 heterocycles. The zero-order valence-electron chi connectivity index (χ0n) is 17.4. The number of hydrogen-bond donors (Lipinski definition) is 2. The van der Waals surface area contributed by atoms with Gasteiger partial charge in [0, 0.05) is 35.0 Å². The van der Waals surface area contributed by atoms with E-state index in [2.05, 4.69) is 15.6 Å². The van der Waals surface area contributed by atoms with Crippen LogP contribution >= 0.6 is 0 Å². The van der Waals surface area contributed by atoms with E-state index in [-0.39, 0.29) is 54.2 Å². The van der Waals surface area contributed by atoms with Crippen molar-refractivity contribution >= 4 is 34.5 Å². The van der Waals surface area contributed by atoms with E-state index in [1.54, 1.807) is 18.2 Å². The summed E-state index contributed by atoms with van der Waals surface area (Å²) in [7, 11) is 0. The highest BCUT2D eigenvalue weighted by molar-refractivity contribution is 6.05. The molecule has 5 rings (SSSR count). The van der Waals surface area contributed by atoms with Gasteiger partial charge in [0.25, 0.3) is 11.8 Å². The molecule has 33 heavy (non-hydrogen) atoms. The third-order valence-corrected chi connectivity index (χ3v) is 6.00. The van der Waals surface area contributed by atoms with Gasteiger partial charge in [-0.25, -0.2) is 9.37 Å². The zero-order chi connectivity index (χ0) is 23.1. The first-order valence-electron chi connectivity index (χ1n) is 10.5. The van der Waals surface area contributed by atoms with Crippen LogP contribution in [-0.4, -0.2) is 39.6 Å². The number of imide groups is 1. The second kappa shape index (κ2) is 8.09. The molecule has 2 aliphatic heterocycles. The van der Waals surface area contributed by atoms with Gasteiger partial charge in [-0.2, -0.15) is 0 Å². The van der Waals surface area contributed by atoms with Crippen LogP contribution in [0.4, 0.5) is 4.39 Å². The Bertz CT molecular complexity index is 1340. The first kappa shape index (κ1) is 20.7. The van der Waals surface area contributed by atoms with Crippen molar-refractivity contribution in [2.45, 2.75) is 32.0 Å². The van der Waals surface area contributed by atoms with Gasteiger partial charge in [0.15, 0.2) is 0 Å². The van der Waals surface area contributed by atoms with Crippen molar-refractivity contribution < 1.29 is 23.6 Å². The molecule has 0 spiro atoms. The van der Waals surface area contributed by atoms with Gasteiger partial charge in [0.05, 0.1) is 12.1 Å². The molecule has 0 aliphatic carbocycles. The number of carbonyl (C=O) groups excluding carboxylic acids is 4. The molecule has 8 nitrogen and oxygen atoms in total. The van der Waals surface area contributed by atoms with Gasteiger partial charge in [-0.1, -0.05) is 30.3 Å². The van der Waals surface area contributed by atoms with E-state index in [9.17, 15) is 19.2 Å². The van der Waals surface area contributed by atoms with Gasteiger partial charge in [-0.05, 0) is 24.6 Å². The number of halogens is 1. The molecule has 9 heteroatoms. The largest absolute Gasteiger partial charge is 0.347 e. The molecule has 1 saturated heterocycles. The van der Waals surface area contributed by atoms with E-state index in [4.69, 9.17) is 0 Å². The molecular formula is C24H19FN4O4. The summed E-state index contributed by atoms with van der Waals surface area (Å²) in [4.78, 5) is 54.5. The van der Waals surface area contributed by atoms with Gasteiger partial charge >= 0.3 is 0 Å². The fraction of sp³-hybridized carbons (Fsp3) is 0.208. The number of rotatable bonds is 4. The topological polar surface area (TPSA) is 108 Å². The van der Waals surface area contributed by atoms with Crippen molar-refractivity contribution in [1.29, 1.82) is 0 Å². The summed E-state index contributed by atoms with van der Waals surface area (Å²) in [5, 5.41) is 5.79. The molecule has 0 saturated carbocycles. The summed E-state index contributed by atoms with van der Waals surface area (Å²) in [6, 6.07) is 12.9. The smallest absolute Gasteiger partial charge is 0.270 e. The minimum absolute atomic E-state index is 0.0692. The second-order valence-electron chi connectivity index (χ2n) is 8.04. The minimum Gasteiger partial charge on any atom is -0.347 e. The maximum Gasteiger partial charge on any atom is 0.270 e. The van der Waals surface area contributed by atoms with Gasteiger partial charge in [-0.3, -0.25) is 24.5 Å². The van der Waals surface area contributed by atoms with Crippen LogP contribution < -0.4 is 10.6 Å².